The first kappa shape index (κ1) is 14.8. The lowest BCUT2D eigenvalue weighted by molar-refractivity contribution is 0.607. The first-order valence-electron chi connectivity index (χ1n) is 6.51. The van der Waals surface area contributed by atoms with E-state index in [2.05, 4.69) is 41.1 Å². The van der Waals surface area contributed by atoms with Gasteiger partial charge in [0.2, 0.25) is 0 Å². The summed E-state index contributed by atoms with van der Waals surface area (Å²) in [5, 5.41) is 1.74. The molecular formula is C15H21BrS. The van der Waals surface area contributed by atoms with Crippen molar-refractivity contribution < 1.29 is 0 Å². The lowest BCUT2D eigenvalue weighted by Gasteiger charge is -2.04. The van der Waals surface area contributed by atoms with Crippen LogP contribution in [-0.4, -0.2) is 5.37 Å². The number of aryl methyl sites for hydroxylation is 1. The van der Waals surface area contributed by atoms with E-state index in [0.29, 0.717) is 0 Å². The molecule has 94 valence electrons. The van der Waals surface area contributed by atoms with Gasteiger partial charge in [-0.1, -0.05) is 73.2 Å². The van der Waals surface area contributed by atoms with Crippen LogP contribution in [-0.2, 0) is 6.42 Å². The van der Waals surface area contributed by atoms with Crippen molar-refractivity contribution in [3.63, 3.8) is 0 Å². The normalized spacial score (nSPS) is 10.5. The van der Waals surface area contributed by atoms with Gasteiger partial charge in [-0.15, -0.1) is 0 Å². The molecule has 2 heteroatoms. The van der Waals surface area contributed by atoms with Crippen molar-refractivity contribution in [2.75, 3.05) is 0 Å². The molecule has 0 N–H and O–H groups in total. The molecule has 0 saturated heterocycles. The Balaban J connectivity index is 2.29. The molecule has 0 fully saturated rings. The van der Waals surface area contributed by atoms with Gasteiger partial charge in [0.25, 0.3) is 0 Å². The van der Waals surface area contributed by atoms with Crippen LogP contribution in [0.2, 0.25) is 0 Å². The van der Waals surface area contributed by atoms with Gasteiger partial charge in [0.1, 0.15) is 0 Å². The van der Waals surface area contributed by atoms with E-state index in [-0.39, 0.29) is 0 Å². The van der Waals surface area contributed by atoms with E-state index in [4.69, 9.17) is 12.2 Å². The van der Waals surface area contributed by atoms with Crippen molar-refractivity contribution in [3.8, 4) is 0 Å². The van der Waals surface area contributed by atoms with Crippen LogP contribution in [0.5, 0.6) is 0 Å². The van der Waals surface area contributed by atoms with Gasteiger partial charge in [-0.3, -0.25) is 0 Å². The molecule has 0 spiro atoms. The molecule has 0 radical (unpaired) electrons. The Labute approximate surface area is 119 Å². The zero-order valence-electron chi connectivity index (χ0n) is 10.5. The highest BCUT2D eigenvalue weighted by Gasteiger charge is 1.99. The van der Waals surface area contributed by atoms with Gasteiger partial charge in [-0.2, -0.15) is 0 Å². The Morgan fingerprint density at radius 1 is 1.12 bits per heavy atom. The van der Waals surface area contributed by atoms with Crippen LogP contribution in [0.15, 0.2) is 22.7 Å². The summed E-state index contributed by atoms with van der Waals surface area (Å²) >= 11 is 8.50. The van der Waals surface area contributed by atoms with Crippen LogP contribution >= 0.6 is 28.1 Å². The Hall–Kier alpha value is -0.210. The van der Waals surface area contributed by atoms with E-state index in [0.717, 1.165) is 10.0 Å². The first-order valence-corrected chi connectivity index (χ1v) is 7.78. The third kappa shape index (κ3) is 5.78. The molecule has 0 amide bonds. The maximum atomic E-state index is 4.99. The molecule has 0 heterocycles. The minimum absolute atomic E-state index is 1.10. The summed E-state index contributed by atoms with van der Waals surface area (Å²) in [4.78, 5) is 0. The van der Waals surface area contributed by atoms with Crippen molar-refractivity contribution in [2.24, 2.45) is 0 Å². The monoisotopic (exact) mass is 312 g/mol. The van der Waals surface area contributed by atoms with Crippen LogP contribution in [0, 0.1) is 0 Å². The number of benzene rings is 1. The lowest BCUT2D eigenvalue weighted by Crippen LogP contribution is -1.89. The SMILES string of the molecule is CCCCCCCCc1ccc(Br)c(C=S)c1. The van der Waals surface area contributed by atoms with Crippen molar-refractivity contribution >= 4 is 33.5 Å². The van der Waals surface area contributed by atoms with Crippen LogP contribution in [0.3, 0.4) is 0 Å². The first-order chi connectivity index (χ1) is 8.27. The van der Waals surface area contributed by atoms with Gasteiger partial charge in [0.05, 0.1) is 0 Å². The predicted octanol–water partition coefficient (Wildman–Crippen LogP) is 5.70. The Morgan fingerprint density at radius 3 is 2.53 bits per heavy atom. The van der Waals surface area contributed by atoms with Crippen molar-refractivity contribution in [2.45, 2.75) is 51.9 Å². The number of unbranched alkanes of at least 4 members (excludes halogenated alkanes) is 5. The van der Waals surface area contributed by atoms with E-state index >= 15 is 0 Å². The van der Waals surface area contributed by atoms with E-state index in [1.165, 1.54) is 50.5 Å². The van der Waals surface area contributed by atoms with Gasteiger partial charge in [-0.05, 0) is 36.1 Å². The van der Waals surface area contributed by atoms with Crippen LogP contribution < -0.4 is 0 Å². The Bertz CT molecular complexity index is 347. The predicted molar refractivity (Wildman–Crippen MR) is 84.0 cm³/mol. The molecule has 1 aromatic carbocycles. The van der Waals surface area contributed by atoms with E-state index in [1.807, 2.05) is 0 Å². The molecule has 1 rings (SSSR count). The molecule has 0 nitrogen and oxygen atoms in total. The minimum atomic E-state index is 1.10. The maximum absolute atomic E-state index is 4.99. The quantitative estimate of drug-likeness (QED) is 0.438. The standard InChI is InChI=1S/C15H21BrS/c1-2-3-4-5-6-7-8-13-9-10-15(16)14(11-13)12-17/h9-12H,2-8H2,1H3. The molecule has 1 aromatic rings. The highest BCUT2D eigenvalue weighted by atomic mass is 79.9. The highest BCUT2D eigenvalue weighted by Crippen LogP contribution is 2.18. The van der Waals surface area contributed by atoms with E-state index < -0.39 is 0 Å². The number of thiocarbonyl (C=S) groups is 1. The van der Waals surface area contributed by atoms with Crippen LogP contribution in [0.1, 0.15) is 56.6 Å². The summed E-state index contributed by atoms with van der Waals surface area (Å²) in [5.74, 6) is 0. The summed E-state index contributed by atoms with van der Waals surface area (Å²) in [6, 6.07) is 6.49. The smallest absolute Gasteiger partial charge is 0.0256 e. The molecule has 17 heavy (non-hydrogen) atoms. The molecule has 0 aliphatic heterocycles. The van der Waals surface area contributed by atoms with E-state index in [1.54, 1.807) is 5.37 Å². The lowest BCUT2D eigenvalue weighted by atomic mass is 10.0. The number of hydrogen-bond donors (Lipinski definition) is 0. The zero-order valence-corrected chi connectivity index (χ0v) is 12.9. The molecule has 0 unspecified atom stereocenters. The molecule has 0 aliphatic carbocycles. The maximum Gasteiger partial charge on any atom is 0.0256 e. The third-order valence-electron chi connectivity index (χ3n) is 3.01. The van der Waals surface area contributed by atoms with Gasteiger partial charge >= 0.3 is 0 Å². The summed E-state index contributed by atoms with van der Waals surface area (Å²) in [6.45, 7) is 2.26. The fraction of sp³-hybridized carbons (Fsp3) is 0.533. The molecular weight excluding hydrogens is 292 g/mol. The number of hydrogen-bond acceptors (Lipinski definition) is 1. The molecule has 0 saturated carbocycles. The van der Waals surface area contributed by atoms with Crippen molar-refractivity contribution in [3.05, 3.63) is 33.8 Å². The topological polar surface area (TPSA) is 0 Å². The molecule has 0 bridgehead atoms. The Kier molecular flexibility index (Phi) is 7.70. The largest absolute Gasteiger partial charge is 0.0880 e. The summed E-state index contributed by atoms with van der Waals surface area (Å²) < 4.78 is 1.10. The number of rotatable bonds is 8. The molecule has 0 atom stereocenters. The minimum Gasteiger partial charge on any atom is -0.0880 e. The second kappa shape index (κ2) is 8.82. The van der Waals surface area contributed by atoms with Crippen molar-refractivity contribution in [1.29, 1.82) is 0 Å². The van der Waals surface area contributed by atoms with Crippen LogP contribution in [0.4, 0.5) is 0 Å². The highest BCUT2D eigenvalue weighted by molar-refractivity contribution is 9.10. The van der Waals surface area contributed by atoms with Gasteiger partial charge in [-0.25, -0.2) is 0 Å². The van der Waals surface area contributed by atoms with Crippen LogP contribution in [0.25, 0.3) is 0 Å². The average molecular weight is 313 g/mol. The molecule has 0 aliphatic rings. The van der Waals surface area contributed by atoms with E-state index in [9.17, 15) is 0 Å². The van der Waals surface area contributed by atoms with Gasteiger partial charge < -0.3 is 0 Å². The molecule has 0 aromatic heterocycles. The zero-order chi connectivity index (χ0) is 12.5. The fourth-order valence-corrected chi connectivity index (χ4v) is 2.66. The second-order valence-electron chi connectivity index (χ2n) is 4.49. The summed E-state index contributed by atoms with van der Waals surface area (Å²) in [7, 11) is 0. The fourth-order valence-electron chi connectivity index (χ4n) is 1.95. The average Bonchev–Trinajstić information content (AvgIpc) is 2.35. The second-order valence-corrected chi connectivity index (χ2v) is 5.58. The summed E-state index contributed by atoms with van der Waals surface area (Å²) in [6.07, 6.45) is 9.30. The van der Waals surface area contributed by atoms with Gasteiger partial charge in [0.15, 0.2) is 0 Å². The Morgan fingerprint density at radius 2 is 1.82 bits per heavy atom. The third-order valence-corrected chi connectivity index (χ3v) is 3.98. The number of halogens is 1. The summed E-state index contributed by atoms with van der Waals surface area (Å²) in [5.41, 5.74) is 2.53. The van der Waals surface area contributed by atoms with Crippen molar-refractivity contribution in [1.82, 2.24) is 0 Å². The van der Waals surface area contributed by atoms with Gasteiger partial charge in [0, 0.05) is 9.84 Å².